The third kappa shape index (κ3) is 2.82. The quantitative estimate of drug-likeness (QED) is 0.793. The SMILES string of the molecule is Cc1nc2ccccc2c(N2C[C@@H](O)[C@H](Oc3cnn(C)c3)C2)c1C. The molecule has 0 spiro atoms. The molecule has 2 atom stereocenters. The summed E-state index contributed by atoms with van der Waals surface area (Å²) < 4.78 is 7.64. The van der Waals surface area contributed by atoms with E-state index in [1.54, 1.807) is 10.9 Å². The van der Waals surface area contributed by atoms with Crippen molar-refractivity contribution in [1.29, 1.82) is 0 Å². The number of hydrogen-bond acceptors (Lipinski definition) is 5. The maximum absolute atomic E-state index is 10.5. The van der Waals surface area contributed by atoms with Crippen LogP contribution in [-0.4, -0.2) is 45.2 Å². The molecule has 6 nitrogen and oxygen atoms in total. The van der Waals surface area contributed by atoms with Crippen LogP contribution in [-0.2, 0) is 7.05 Å². The van der Waals surface area contributed by atoms with Gasteiger partial charge in [-0.15, -0.1) is 0 Å². The highest BCUT2D eigenvalue weighted by molar-refractivity contribution is 5.94. The van der Waals surface area contributed by atoms with E-state index in [4.69, 9.17) is 4.74 Å². The summed E-state index contributed by atoms with van der Waals surface area (Å²) in [7, 11) is 1.85. The van der Waals surface area contributed by atoms with Gasteiger partial charge < -0.3 is 14.7 Å². The van der Waals surface area contributed by atoms with Crippen molar-refractivity contribution < 1.29 is 9.84 Å². The predicted octanol–water partition coefficient (Wildman–Crippen LogP) is 2.21. The van der Waals surface area contributed by atoms with Crippen molar-refractivity contribution in [2.24, 2.45) is 7.05 Å². The Labute approximate surface area is 146 Å². The fourth-order valence-corrected chi connectivity index (χ4v) is 3.51. The number of anilines is 1. The fraction of sp³-hybridized carbons (Fsp3) is 0.368. The highest BCUT2D eigenvalue weighted by atomic mass is 16.5. The van der Waals surface area contributed by atoms with E-state index in [-0.39, 0.29) is 6.10 Å². The minimum atomic E-state index is -0.549. The third-order valence-electron chi connectivity index (χ3n) is 4.87. The summed E-state index contributed by atoms with van der Waals surface area (Å²) in [4.78, 5) is 6.89. The first-order valence-corrected chi connectivity index (χ1v) is 8.47. The van der Waals surface area contributed by atoms with Gasteiger partial charge in [-0.3, -0.25) is 9.67 Å². The molecule has 1 saturated heterocycles. The molecule has 1 N–H and O–H groups in total. The molecule has 2 aromatic heterocycles. The first-order chi connectivity index (χ1) is 12.0. The molecule has 0 saturated carbocycles. The van der Waals surface area contributed by atoms with Gasteiger partial charge in [0.05, 0.1) is 30.1 Å². The Bertz CT molecular complexity index is 921. The number of pyridine rings is 1. The number of aryl methyl sites for hydroxylation is 2. The maximum atomic E-state index is 10.5. The number of benzene rings is 1. The van der Waals surface area contributed by atoms with Crippen LogP contribution in [0.1, 0.15) is 11.3 Å². The molecule has 1 aliphatic rings. The maximum Gasteiger partial charge on any atom is 0.157 e. The second-order valence-corrected chi connectivity index (χ2v) is 6.67. The van der Waals surface area contributed by atoms with Crippen LogP contribution in [0.3, 0.4) is 0 Å². The summed E-state index contributed by atoms with van der Waals surface area (Å²) in [6, 6.07) is 8.15. The van der Waals surface area contributed by atoms with E-state index in [9.17, 15) is 5.11 Å². The molecule has 0 bridgehead atoms. The van der Waals surface area contributed by atoms with Gasteiger partial charge in [-0.1, -0.05) is 18.2 Å². The highest BCUT2D eigenvalue weighted by Crippen LogP contribution is 2.34. The second-order valence-electron chi connectivity index (χ2n) is 6.67. The summed E-state index contributed by atoms with van der Waals surface area (Å²) >= 11 is 0. The number of rotatable bonds is 3. The van der Waals surface area contributed by atoms with Crippen LogP contribution in [0, 0.1) is 13.8 Å². The van der Waals surface area contributed by atoms with Crippen molar-refractivity contribution in [1.82, 2.24) is 14.8 Å². The van der Waals surface area contributed by atoms with Crippen molar-refractivity contribution in [3.63, 3.8) is 0 Å². The number of ether oxygens (including phenoxy) is 1. The smallest absolute Gasteiger partial charge is 0.157 e. The van der Waals surface area contributed by atoms with E-state index in [0.717, 1.165) is 27.8 Å². The lowest BCUT2D eigenvalue weighted by Gasteiger charge is -2.23. The van der Waals surface area contributed by atoms with Crippen molar-refractivity contribution in [3.8, 4) is 5.75 Å². The van der Waals surface area contributed by atoms with Gasteiger partial charge in [0.2, 0.25) is 0 Å². The summed E-state index contributed by atoms with van der Waals surface area (Å²) in [6.07, 6.45) is 2.65. The number of aromatic nitrogens is 3. The molecule has 1 aliphatic heterocycles. The zero-order valence-electron chi connectivity index (χ0n) is 14.7. The van der Waals surface area contributed by atoms with Crippen LogP contribution in [0.25, 0.3) is 10.9 Å². The highest BCUT2D eigenvalue weighted by Gasteiger charge is 2.35. The molecule has 130 valence electrons. The number of β-amino-alcohol motifs (C(OH)–C–C–N with tert-alkyl or cyclic N) is 1. The Morgan fingerprint density at radius 1 is 1.20 bits per heavy atom. The van der Waals surface area contributed by atoms with Gasteiger partial charge in [0, 0.05) is 24.7 Å². The monoisotopic (exact) mass is 338 g/mol. The molecule has 1 aromatic carbocycles. The molecular formula is C19H22N4O2. The first-order valence-electron chi connectivity index (χ1n) is 8.47. The van der Waals surface area contributed by atoms with Gasteiger partial charge in [-0.2, -0.15) is 5.10 Å². The fourth-order valence-electron chi connectivity index (χ4n) is 3.51. The Morgan fingerprint density at radius 3 is 2.76 bits per heavy atom. The molecule has 3 aromatic rings. The number of para-hydroxylation sites is 1. The second kappa shape index (κ2) is 6.04. The van der Waals surface area contributed by atoms with Crippen LogP contribution in [0.5, 0.6) is 5.75 Å². The van der Waals surface area contributed by atoms with Gasteiger partial charge in [0.1, 0.15) is 12.2 Å². The minimum absolute atomic E-state index is 0.282. The van der Waals surface area contributed by atoms with Gasteiger partial charge in [0.15, 0.2) is 5.75 Å². The van der Waals surface area contributed by atoms with Crippen molar-refractivity contribution in [3.05, 3.63) is 47.9 Å². The Morgan fingerprint density at radius 2 is 2.00 bits per heavy atom. The number of nitrogens with zero attached hydrogens (tertiary/aromatic N) is 4. The Hall–Kier alpha value is -2.60. The molecule has 0 unspecified atom stereocenters. The Balaban J connectivity index is 1.67. The van der Waals surface area contributed by atoms with E-state index < -0.39 is 6.10 Å². The zero-order valence-corrected chi connectivity index (χ0v) is 14.7. The van der Waals surface area contributed by atoms with Crippen molar-refractivity contribution >= 4 is 16.6 Å². The number of aliphatic hydroxyl groups excluding tert-OH is 1. The van der Waals surface area contributed by atoms with Crippen LogP contribution >= 0.6 is 0 Å². The van der Waals surface area contributed by atoms with E-state index in [1.165, 1.54) is 0 Å². The molecule has 0 aliphatic carbocycles. The zero-order chi connectivity index (χ0) is 17.6. The first kappa shape index (κ1) is 15.9. The lowest BCUT2D eigenvalue weighted by Crippen LogP contribution is -2.29. The van der Waals surface area contributed by atoms with E-state index in [2.05, 4.69) is 28.0 Å². The summed E-state index contributed by atoms with van der Waals surface area (Å²) in [5.74, 6) is 0.681. The summed E-state index contributed by atoms with van der Waals surface area (Å²) in [5.41, 5.74) is 4.28. The number of fused-ring (bicyclic) bond motifs is 1. The van der Waals surface area contributed by atoms with Crippen LogP contribution in [0.4, 0.5) is 5.69 Å². The number of aliphatic hydroxyl groups is 1. The van der Waals surface area contributed by atoms with E-state index >= 15 is 0 Å². The molecular weight excluding hydrogens is 316 g/mol. The van der Waals surface area contributed by atoms with Gasteiger partial charge in [-0.05, 0) is 25.5 Å². The Kier molecular flexibility index (Phi) is 3.84. The van der Waals surface area contributed by atoms with Gasteiger partial charge >= 0.3 is 0 Å². The largest absolute Gasteiger partial charge is 0.482 e. The molecule has 3 heterocycles. The lowest BCUT2D eigenvalue weighted by molar-refractivity contribution is 0.0737. The predicted molar refractivity (Wildman–Crippen MR) is 97.1 cm³/mol. The van der Waals surface area contributed by atoms with Crippen LogP contribution < -0.4 is 9.64 Å². The average Bonchev–Trinajstić information content (AvgIpc) is 3.15. The van der Waals surface area contributed by atoms with Gasteiger partial charge in [0.25, 0.3) is 0 Å². The van der Waals surface area contributed by atoms with Crippen molar-refractivity contribution in [2.75, 3.05) is 18.0 Å². The molecule has 0 radical (unpaired) electrons. The molecule has 0 amide bonds. The third-order valence-corrected chi connectivity index (χ3v) is 4.87. The molecule has 6 heteroatoms. The normalized spacial score (nSPS) is 20.4. The van der Waals surface area contributed by atoms with Crippen LogP contribution in [0.15, 0.2) is 36.7 Å². The lowest BCUT2D eigenvalue weighted by atomic mass is 10.1. The molecule has 1 fully saturated rings. The minimum Gasteiger partial charge on any atom is -0.482 e. The summed E-state index contributed by atoms with van der Waals surface area (Å²) in [6.45, 7) is 5.29. The molecule has 25 heavy (non-hydrogen) atoms. The number of hydrogen-bond donors (Lipinski definition) is 1. The molecule has 4 rings (SSSR count). The standard InChI is InChI=1S/C19H22N4O2/c1-12-13(2)21-16-7-5-4-6-15(16)19(12)23-10-17(24)18(11-23)25-14-8-20-22(3)9-14/h4-9,17-18,24H,10-11H2,1-3H3/t17-,18-/m1/s1. The van der Waals surface area contributed by atoms with Gasteiger partial charge in [-0.25, -0.2) is 0 Å². The topological polar surface area (TPSA) is 63.4 Å². The average molecular weight is 338 g/mol. The van der Waals surface area contributed by atoms with E-state index in [1.807, 2.05) is 38.4 Å². The summed E-state index contributed by atoms with van der Waals surface area (Å²) in [5, 5.41) is 15.7. The van der Waals surface area contributed by atoms with Crippen molar-refractivity contribution in [2.45, 2.75) is 26.1 Å². The van der Waals surface area contributed by atoms with E-state index in [0.29, 0.717) is 18.8 Å². The van der Waals surface area contributed by atoms with Crippen LogP contribution in [0.2, 0.25) is 0 Å².